The first-order valence-corrected chi connectivity index (χ1v) is 9.94. The molecule has 1 aromatic rings. The lowest BCUT2D eigenvalue weighted by Crippen LogP contribution is -2.48. The van der Waals surface area contributed by atoms with E-state index in [0.29, 0.717) is 17.9 Å². The van der Waals surface area contributed by atoms with E-state index < -0.39 is 24.0 Å². The molecule has 29 heavy (non-hydrogen) atoms. The highest BCUT2D eigenvalue weighted by Crippen LogP contribution is 2.28. The van der Waals surface area contributed by atoms with Gasteiger partial charge < -0.3 is 19.5 Å². The lowest BCUT2D eigenvalue weighted by Gasteiger charge is -2.23. The Balaban J connectivity index is 1.74. The zero-order valence-electron chi connectivity index (χ0n) is 17.3. The normalized spacial score (nSPS) is 15.1. The van der Waals surface area contributed by atoms with E-state index in [2.05, 4.69) is 10.6 Å². The SMILES string of the molecule is COc1ccc(CCC(=O)O[C@H](C)C(=O)NC(=O)NC2CCCCC2)cc1OC. The van der Waals surface area contributed by atoms with Gasteiger partial charge in [0, 0.05) is 12.5 Å². The largest absolute Gasteiger partial charge is 0.493 e. The molecule has 160 valence electrons. The fraction of sp³-hybridized carbons (Fsp3) is 0.571. The Bertz CT molecular complexity index is 715. The topological polar surface area (TPSA) is 103 Å². The van der Waals surface area contributed by atoms with Gasteiger partial charge in [-0.25, -0.2) is 4.79 Å². The van der Waals surface area contributed by atoms with Gasteiger partial charge in [-0.1, -0.05) is 25.3 Å². The van der Waals surface area contributed by atoms with E-state index in [-0.39, 0.29) is 12.5 Å². The summed E-state index contributed by atoms with van der Waals surface area (Å²) in [5.41, 5.74) is 0.878. The number of carbonyl (C=O) groups excluding carboxylic acids is 3. The molecule has 8 heteroatoms. The van der Waals surface area contributed by atoms with E-state index in [4.69, 9.17) is 14.2 Å². The summed E-state index contributed by atoms with van der Waals surface area (Å²) in [5, 5.41) is 5.03. The van der Waals surface area contributed by atoms with Gasteiger partial charge in [-0.15, -0.1) is 0 Å². The Labute approximate surface area is 171 Å². The highest BCUT2D eigenvalue weighted by Gasteiger charge is 2.22. The van der Waals surface area contributed by atoms with Crippen molar-refractivity contribution in [3.05, 3.63) is 23.8 Å². The second-order valence-corrected chi connectivity index (χ2v) is 7.12. The smallest absolute Gasteiger partial charge is 0.321 e. The van der Waals surface area contributed by atoms with E-state index in [0.717, 1.165) is 31.2 Å². The third kappa shape index (κ3) is 7.29. The molecule has 2 rings (SSSR count). The van der Waals surface area contributed by atoms with Crippen LogP contribution in [0.3, 0.4) is 0 Å². The van der Waals surface area contributed by atoms with Gasteiger partial charge in [0.05, 0.1) is 14.2 Å². The minimum absolute atomic E-state index is 0.0934. The number of rotatable bonds is 8. The van der Waals surface area contributed by atoms with E-state index in [1.54, 1.807) is 26.4 Å². The quantitative estimate of drug-likeness (QED) is 0.644. The van der Waals surface area contributed by atoms with E-state index in [1.165, 1.54) is 13.3 Å². The second kappa shape index (κ2) is 11.3. The number of carbonyl (C=O) groups is 3. The highest BCUT2D eigenvalue weighted by molar-refractivity contribution is 5.97. The summed E-state index contributed by atoms with van der Waals surface area (Å²) in [6.45, 7) is 1.44. The van der Waals surface area contributed by atoms with E-state index >= 15 is 0 Å². The summed E-state index contributed by atoms with van der Waals surface area (Å²) >= 11 is 0. The van der Waals surface area contributed by atoms with Crippen molar-refractivity contribution in [1.82, 2.24) is 10.6 Å². The lowest BCUT2D eigenvalue weighted by molar-refractivity contribution is -0.154. The van der Waals surface area contributed by atoms with Crippen LogP contribution in [0, 0.1) is 0 Å². The van der Waals surface area contributed by atoms with Crippen molar-refractivity contribution in [1.29, 1.82) is 0 Å². The van der Waals surface area contributed by atoms with Crippen molar-refractivity contribution >= 4 is 17.9 Å². The molecule has 1 atom stereocenters. The van der Waals surface area contributed by atoms with Crippen LogP contribution in [0.4, 0.5) is 4.79 Å². The molecule has 1 fully saturated rings. The summed E-state index contributed by atoms with van der Waals surface area (Å²) in [6.07, 6.45) is 4.64. The Hall–Kier alpha value is -2.77. The highest BCUT2D eigenvalue weighted by atomic mass is 16.5. The summed E-state index contributed by atoms with van der Waals surface area (Å²) < 4.78 is 15.6. The molecule has 1 saturated carbocycles. The minimum atomic E-state index is -1.05. The van der Waals surface area contributed by atoms with Crippen LogP contribution in [0.5, 0.6) is 11.5 Å². The number of urea groups is 1. The lowest BCUT2D eigenvalue weighted by atomic mass is 9.96. The molecule has 0 aliphatic heterocycles. The van der Waals surface area contributed by atoms with Gasteiger partial charge in [0.2, 0.25) is 0 Å². The van der Waals surface area contributed by atoms with Crippen LogP contribution in [0.25, 0.3) is 0 Å². The van der Waals surface area contributed by atoms with Crippen molar-refractivity contribution in [2.75, 3.05) is 14.2 Å². The Morgan fingerprint density at radius 2 is 1.76 bits per heavy atom. The monoisotopic (exact) mass is 406 g/mol. The number of benzene rings is 1. The molecule has 1 aromatic carbocycles. The third-order valence-corrected chi connectivity index (χ3v) is 4.92. The summed E-state index contributed by atoms with van der Waals surface area (Å²) in [7, 11) is 3.09. The number of methoxy groups -OCH3 is 2. The van der Waals surface area contributed by atoms with Crippen molar-refractivity contribution in [2.24, 2.45) is 0 Å². The van der Waals surface area contributed by atoms with Gasteiger partial charge in [-0.2, -0.15) is 0 Å². The molecular formula is C21H30N2O6. The molecule has 0 heterocycles. The number of nitrogens with one attached hydrogen (secondary N) is 2. The van der Waals surface area contributed by atoms with Crippen LogP contribution in [0.15, 0.2) is 18.2 Å². The van der Waals surface area contributed by atoms with Gasteiger partial charge in [0.15, 0.2) is 17.6 Å². The van der Waals surface area contributed by atoms with Crippen LogP contribution >= 0.6 is 0 Å². The molecule has 1 aliphatic carbocycles. The molecule has 0 aromatic heterocycles. The molecule has 0 unspecified atom stereocenters. The molecule has 0 saturated heterocycles. The van der Waals surface area contributed by atoms with Crippen molar-refractivity contribution < 1.29 is 28.6 Å². The van der Waals surface area contributed by atoms with Crippen LogP contribution in [-0.2, 0) is 20.7 Å². The standard InChI is InChI=1S/C21H30N2O6/c1-14(20(25)23-21(26)22-16-7-5-4-6-8-16)29-19(24)12-10-15-9-11-17(27-2)18(13-15)28-3/h9,11,13-14,16H,4-8,10,12H2,1-3H3,(H2,22,23,25,26)/t14-/m1/s1. The summed E-state index contributed by atoms with van der Waals surface area (Å²) in [4.78, 5) is 36.1. The molecule has 0 bridgehead atoms. The first-order chi connectivity index (χ1) is 13.9. The Kier molecular flexibility index (Phi) is 8.76. The van der Waals surface area contributed by atoms with Gasteiger partial charge >= 0.3 is 12.0 Å². The number of esters is 1. The zero-order valence-corrected chi connectivity index (χ0v) is 17.3. The van der Waals surface area contributed by atoms with Crippen LogP contribution in [0.2, 0.25) is 0 Å². The van der Waals surface area contributed by atoms with Gasteiger partial charge in [0.25, 0.3) is 5.91 Å². The van der Waals surface area contributed by atoms with E-state index in [9.17, 15) is 14.4 Å². The Morgan fingerprint density at radius 3 is 2.41 bits per heavy atom. The number of amides is 3. The minimum Gasteiger partial charge on any atom is -0.493 e. The van der Waals surface area contributed by atoms with Crippen molar-refractivity contribution in [2.45, 2.75) is 64.0 Å². The summed E-state index contributed by atoms with van der Waals surface area (Å²) in [6, 6.07) is 4.93. The first-order valence-electron chi connectivity index (χ1n) is 9.94. The van der Waals surface area contributed by atoms with Crippen LogP contribution in [0.1, 0.15) is 51.0 Å². The van der Waals surface area contributed by atoms with E-state index in [1.807, 2.05) is 6.07 Å². The molecular weight excluding hydrogens is 376 g/mol. The zero-order chi connectivity index (χ0) is 21.2. The fourth-order valence-corrected chi connectivity index (χ4v) is 3.27. The first kappa shape index (κ1) is 22.5. The third-order valence-electron chi connectivity index (χ3n) is 4.92. The maximum absolute atomic E-state index is 12.1. The molecule has 0 spiro atoms. The number of imide groups is 1. The molecule has 1 aliphatic rings. The Morgan fingerprint density at radius 1 is 1.07 bits per heavy atom. The van der Waals surface area contributed by atoms with Crippen LogP contribution < -0.4 is 20.1 Å². The predicted octanol–water partition coefficient (Wildman–Crippen LogP) is 2.73. The maximum atomic E-state index is 12.1. The average molecular weight is 406 g/mol. The number of hydrogen-bond donors (Lipinski definition) is 2. The summed E-state index contributed by atoms with van der Waals surface area (Å²) in [5.74, 6) is 0.0265. The number of hydrogen-bond acceptors (Lipinski definition) is 6. The number of ether oxygens (including phenoxy) is 3. The van der Waals surface area contributed by atoms with Gasteiger partial charge in [-0.3, -0.25) is 14.9 Å². The maximum Gasteiger partial charge on any atom is 0.321 e. The van der Waals surface area contributed by atoms with Crippen molar-refractivity contribution in [3.63, 3.8) is 0 Å². The molecule has 2 N–H and O–H groups in total. The van der Waals surface area contributed by atoms with Gasteiger partial charge in [0.1, 0.15) is 0 Å². The molecule has 3 amide bonds. The second-order valence-electron chi connectivity index (χ2n) is 7.12. The fourth-order valence-electron chi connectivity index (χ4n) is 3.27. The predicted molar refractivity (Wildman–Crippen MR) is 107 cm³/mol. The average Bonchev–Trinajstić information content (AvgIpc) is 2.72. The van der Waals surface area contributed by atoms with Crippen molar-refractivity contribution in [3.8, 4) is 11.5 Å². The van der Waals surface area contributed by atoms with Crippen LogP contribution in [-0.4, -0.2) is 44.3 Å². The molecule has 0 radical (unpaired) electrons. The number of aryl methyl sites for hydroxylation is 1. The molecule has 8 nitrogen and oxygen atoms in total. The van der Waals surface area contributed by atoms with Gasteiger partial charge in [-0.05, 0) is 43.9 Å².